The predicted molar refractivity (Wildman–Crippen MR) is 77.6 cm³/mol. The second-order valence-corrected chi connectivity index (χ2v) is 5.82. The summed E-state index contributed by atoms with van der Waals surface area (Å²) in [6.45, 7) is 8.83. The first-order valence-electron chi connectivity index (χ1n) is 7.02. The summed E-state index contributed by atoms with van der Waals surface area (Å²) in [4.78, 5) is 2.21. The Bertz CT molecular complexity index is 421. The molecule has 0 amide bonds. The Balaban J connectivity index is 2.08. The first kappa shape index (κ1) is 14.5. The smallest absolute Gasteiger partial charge is 0.0964 e. The minimum Gasteiger partial charge on any atom is -0.390 e. The van der Waals surface area contributed by atoms with E-state index in [1.54, 1.807) is 0 Å². The van der Waals surface area contributed by atoms with E-state index < -0.39 is 6.10 Å². The Morgan fingerprint density at radius 1 is 1.32 bits per heavy atom. The standard InChI is InChI=1S/C16H25NO2/c1-11-7-12(2)14(13(3)8-11)9-15(18)16-10-17(4)5-6-19-16/h7-8,15-16,18H,5-6,9-10H2,1-4H3. The molecule has 1 aliphatic rings. The summed E-state index contributed by atoms with van der Waals surface area (Å²) >= 11 is 0. The van der Waals surface area contributed by atoms with Crippen molar-refractivity contribution in [3.8, 4) is 0 Å². The van der Waals surface area contributed by atoms with E-state index in [1.165, 1.54) is 22.3 Å². The minimum absolute atomic E-state index is 0.0705. The molecule has 0 saturated carbocycles. The van der Waals surface area contributed by atoms with Gasteiger partial charge in [0.15, 0.2) is 0 Å². The second-order valence-electron chi connectivity index (χ2n) is 5.82. The number of hydrogen-bond donors (Lipinski definition) is 1. The Hall–Kier alpha value is -0.900. The van der Waals surface area contributed by atoms with Crippen molar-refractivity contribution in [3.05, 3.63) is 34.4 Å². The lowest BCUT2D eigenvalue weighted by Gasteiger charge is -2.33. The third-order valence-electron chi connectivity index (χ3n) is 3.98. The van der Waals surface area contributed by atoms with E-state index in [4.69, 9.17) is 4.74 Å². The molecule has 2 atom stereocenters. The van der Waals surface area contributed by atoms with Gasteiger partial charge in [-0.3, -0.25) is 0 Å². The summed E-state index contributed by atoms with van der Waals surface area (Å²) < 4.78 is 5.69. The largest absolute Gasteiger partial charge is 0.390 e. The van der Waals surface area contributed by atoms with Crippen LogP contribution in [0, 0.1) is 20.8 Å². The van der Waals surface area contributed by atoms with E-state index in [9.17, 15) is 5.11 Å². The summed E-state index contributed by atoms with van der Waals surface area (Å²) in [6, 6.07) is 4.37. The molecule has 3 nitrogen and oxygen atoms in total. The van der Waals surface area contributed by atoms with Crippen LogP contribution in [0.1, 0.15) is 22.3 Å². The summed E-state index contributed by atoms with van der Waals surface area (Å²) in [7, 11) is 2.07. The predicted octanol–water partition coefficient (Wildman–Crippen LogP) is 1.85. The number of aliphatic hydroxyl groups is 1. The van der Waals surface area contributed by atoms with E-state index >= 15 is 0 Å². The van der Waals surface area contributed by atoms with Crippen LogP contribution in [0.3, 0.4) is 0 Å². The van der Waals surface area contributed by atoms with Crippen LogP contribution in [0.4, 0.5) is 0 Å². The van der Waals surface area contributed by atoms with Gasteiger partial charge in [-0.1, -0.05) is 17.7 Å². The first-order valence-corrected chi connectivity index (χ1v) is 7.02. The molecular weight excluding hydrogens is 238 g/mol. The number of rotatable bonds is 3. The summed E-state index contributed by atoms with van der Waals surface area (Å²) in [5, 5.41) is 10.4. The zero-order valence-corrected chi connectivity index (χ0v) is 12.4. The molecule has 1 N–H and O–H groups in total. The zero-order valence-electron chi connectivity index (χ0n) is 12.4. The highest BCUT2D eigenvalue weighted by Gasteiger charge is 2.26. The highest BCUT2D eigenvalue weighted by atomic mass is 16.5. The van der Waals surface area contributed by atoms with Crippen molar-refractivity contribution in [2.24, 2.45) is 0 Å². The summed E-state index contributed by atoms with van der Waals surface area (Å²) in [5.74, 6) is 0. The van der Waals surface area contributed by atoms with Gasteiger partial charge in [0.25, 0.3) is 0 Å². The Morgan fingerprint density at radius 3 is 2.53 bits per heavy atom. The lowest BCUT2D eigenvalue weighted by Crippen LogP contribution is -2.46. The maximum absolute atomic E-state index is 10.4. The molecule has 106 valence electrons. The normalized spacial score (nSPS) is 22.5. The number of ether oxygens (including phenoxy) is 1. The number of likely N-dealkylation sites (N-methyl/N-ethyl adjacent to an activating group) is 1. The maximum Gasteiger partial charge on any atom is 0.0964 e. The number of aryl methyl sites for hydroxylation is 3. The number of hydrogen-bond acceptors (Lipinski definition) is 3. The van der Waals surface area contributed by atoms with Crippen molar-refractivity contribution in [1.82, 2.24) is 4.90 Å². The maximum atomic E-state index is 10.4. The third-order valence-corrected chi connectivity index (χ3v) is 3.98. The number of aliphatic hydroxyl groups excluding tert-OH is 1. The van der Waals surface area contributed by atoms with Crippen molar-refractivity contribution in [2.45, 2.75) is 39.4 Å². The Kier molecular flexibility index (Phi) is 4.61. The van der Waals surface area contributed by atoms with Crippen molar-refractivity contribution >= 4 is 0 Å². The lowest BCUT2D eigenvalue weighted by atomic mass is 9.93. The average molecular weight is 263 g/mol. The third kappa shape index (κ3) is 3.56. The molecule has 1 aliphatic heterocycles. The van der Waals surface area contributed by atoms with Crippen LogP contribution >= 0.6 is 0 Å². The van der Waals surface area contributed by atoms with E-state index in [0.29, 0.717) is 13.0 Å². The van der Waals surface area contributed by atoms with Crippen molar-refractivity contribution in [2.75, 3.05) is 26.7 Å². The fourth-order valence-corrected chi connectivity index (χ4v) is 2.92. The van der Waals surface area contributed by atoms with Crippen LogP contribution in [0.5, 0.6) is 0 Å². The van der Waals surface area contributed by atoms with Gasteiger partial charge < -0.3 is 14.7 Å². The monoisotopic (exact) mass is 263 g/mol. The molecule has 0 aliphatic carbocycles. The molecule has 0 aromatic heterocycles. The highest BCUT2D eigenvalue weighted by Crippen LogP contribution is 2.20. The topological polar surface area (TPSA) is 32.7 Å². The van der Waals surface area contributed by atoms with Gasteiger partial charge in [-0.15, -0.1) is 0 Å². The molecule has 0 radical (unpaired) electrons. The molecule has 0 spiro atoms. The molecule has 2 rings (SSSR count). The van der Waals surface area contributed by atoms with Crippen LogP contribution in [-0.4, -0.2) is 49.0 Å². The van der Waals surface area contributed by atoms with Gasteiger partial charge in [0, 0.05) is 19.5 Å². The fraction of sp³-hybridized carbons (Fsp3) is 0.625. The molecular formula is C16H25NO2. The Labute approximate surface area is 116 Å². The van der Waals surface area contributed by atoms with Gasteiger partial charge >= 0.3 is 0 Å². The van der Waals surface area contributed by atoms with E-state index in [-0.39, 0.29) is 6.10 Å². The number of nitrogens with zero attached hydrogens (tertiary/aromatic N) is 1. The molecule has 2 unspecified atom stereocenters. The van der Waals surface area contributed by atoms with Crippen molar-refractivity contribution < 1.29 is 9.84 Å². The van der Waals surface area contributed by atoms with Gasteiger partial charge in [0.1, 0.15) is 0 Å². The molecule has 1 aromatic carbocycles. The fourth-order valence-electron chi connectivity index (χ4n) is 2.92. The molecule has 1 fully saturated rings. The van der Waals surface area contributed by atoms with Gasteiger partial charge in [-0.2, -0.15) is 0 Å². The zero-order chi connectivity index (χ0) is 14.0. The first-order chi connectivity index (χ1) is 8.97. The van der Waals surface area contributed by atoms with Crippen molar-refractivity contribution in [1.29, 1.82) is 0 Å². The summed E-state index contributed by atoms with van der Waals surface area (Å²) in [5.41, 5.74) is 5.07. The minimum atomic E-state index is -0.428. The van der Waals surface area contributed by atoms with Gasteiger partial charge in [0.2, 0.25) is 0 Å². The van der Waals surface area contributed by atoms with Crippen LogP contribution in [0.2, 0.25) is 0 Å². The van der Waals surface area contributed by atoms with E-state index in [2.05, 4.69) is 44.9 Å². The van der Waals surface area contributed by atoms with Crippen LogP contribution in [-0.2, 0) is 11.2 Å². The van der Waals surface area contributed by atoms with E-state index in [1.807, 2.05) is 0 Å². The number of benzene rings is 1. The van der Waals surface area contributed by atoms with Crippen molar-refractivity contribution in [3.63, 3.8) is 0 Å². The quantitative estimate of drug-likeness (QED) is 0.903. The molecule has 1 aromatic rings. The van der Waals surface area contributed by atoms with Crippen LogP contribution in [0.25, 0.3) is 0 Å². The Morgan fingerprint density at radius 2 is 1.95 bits per heavy atom. The molecule has 3 heteroatoms. The molecule has 0 bridgehead atoms. The second kappa shape index (κ2) is 6.04. The van der Waals surface area contributed by atoms with Crippen LogP contribution in [0.15, 0.2) is 12.1 Å². The van der Waals surface area contributed by atoms with Gasteiger partial charge in [-0.25, -0.2) is 0 Å². The molecule has 19 heavy (non-hydrogen) atoms. The van der Waals surface area contributed by atoms with Crippen LogP contribution < -0.4 is 0 Å². The van der Waals surface area contributed by atoms with E-state index in [0.717, 1.165) is 13.1 Å². The summed E-state index contributed by atoms with van der Waals surface area (Å²) in [6.07, 6.45) is 0.179. The average Bonchev–Trinajstić information content (AvgIpc) is 2.33. The molecule has 1 heterocycles. The highest BCUT2D eigenvalue weighted by molar-refractivity contribution is 5.38. The number of morpholine rings is 1. The SMILES string of the molecule is Cc1cc(C)c(CC(O)C2CN(C)CCO2)c(C)c1. The lowest BCUT2D eigenvalue weighted by molar-refractivity contribution is -0.0823. The van der Waals surface area contributed by atoms with Gasteiger partial charge in [0.05, 0.1) is 18.8 Å². The molecule has 1 saturated heterocycles. The van der Waals surface area contributed by atoms with Gasteiger partial charge in [-0.05, 0) is 44.5 Å².